The molecule has 120 valence electrons. The molecule has 4 nitrogen and oxygen atoms in total. The Morgan fingerprint density at radius 2 is 1.95 bits per heavy atom. The van der Waals surface area contributed by atoms with Crippen molar-refractivity contribution in [3.8, 4) is 0 Å². The molecule has 0 radical (unpaired) electrons. The molecule has 1 amide bonds. The monoisotopic (exact) mass is 293 g/mol. The fourth-order valence-corrected chi connectivity index (χ4v) is 4.73. The number of carbonyl (C=O) groups excluding carboxylic acids is 1. The van der Waals surface area contributed by atoms with Gasteiger partial charge in [0.15, 0.2) is 0 Å². The molecular weight excluding hydrogens is 262 g/mol. The van der Waals surface area contributed by atoms with Crippen molar-refractivity contribution in [3.05, 3.63) is 0 Å². The Balaban J connectivity index is 1.79. The lowest BCUT2D eigenvalue weighted by atomic mass is 9.91. The fraction of sp³-hybridized carbons (Fsp3) is 0.941. The number of nitrogens with one attached hydrogen (secondary N) is 1. The van der Waals surface area contributed by atoms with Crippen molar-refractivity contribution in [2.75, 3.05) is 20.1 Å². The van der Waals surface area contributed by atoms with Crippen LogP contribution >= 0.6 is 0 Å². The van der Waals surface area contributed by atoms with Crippen molar-refractivity contribution in [2.45, 2.75) is 70.6 Å². The van der Waals surface area contributed by atoms with Crippen LogP contribution < -0.4 is 5.32 Å². The van der Waals surface area contributed by atoms with E-state index in [1.54, 1.807) is 0 Å². The SMILES string of the molecule is CCC1NC(C2CCCC2)N(C2CCN(C)CC2C)C1=O. The van der Waals surface area contributed by atoms with Crippen LogP contribution in [-0.2, 0) is 4.79 Å². The normalized spacial score (nSPS) is 39.4. The van der Waals surface area contributed by atoms with Gasteiger partial charge in [-0.25, -0.2) is 0 Å². The van der Waals surface area contributed by atoms with Crippen molar-refractivity contribution in [1.29, 1.82) is 0 Å². The molecule has 2 saturated heterocycles. The summed E-state index contributed by atoms with van der Waals surface area (Å²) in [5, 5.41) is 3.67. The summed E-state index contributed by atoms with van der Waals surface area (Å²) in [5.41, 5.74) is 0. The van der Waals surface area contributed by atoms with Crippen LogP contribution in [0.4, 0.5) is 0 Å². The lowest BCUT2D eigenvalue weighted by molar-refractivity contribution is -0.135. The van der Waals surface area contributed by atoms with E-state index < -0.39 is 0 Å². The van der Waals surface area contributed by atoms with Crippen LogP contribution in [0.2, 0.25) is 0 Å². The smallest absolute Gasteiger partial charge is 0.241 e. The van der Waals surface area contributed by atoms with Gasteiger partial charge in [0.2, 0.25) is 5.91 Å². The second-order valence-corrected chi connectivity index (χ2v) is 7.46. The zero-order valence-electron chi connectivity index (χ0n) is 13.8. The van der Waals surface area contributed by atoms with E-state index in [1.807, 2.05) is 0 Å². The van der Waals surface area contributed by atoms with Crippen LogP contribution in [0.3, 0.4) is 0 Å². The maximum Gasteiger partial charge on any atom is 0.241 e. The first-order valence-electron chi connectivity index (χ1n) is 8.88. The van der Waals surface area contributed by atoms with Crippen LogP contribution in [0.5, 0.6) is 0 Å². The first kappa shape index (κ1) is 15.3. The topological polar surface area (TPSA) is 35.6 Å². The molecule has 0 aromatic rings. The first-order chi connectivity index (χ1) is 10.1. The third kappa shape index (κ3) is 2.85. The third-order valence-electron chi connectivity index (χ3n) is 5.90. The van der Waals surface area contributed by atoms with E-state index in [-0.39, 0.29) is 6.04 Å². The highest BCUT2D eigenvalue weighted by Gasteiger charge is 2.47. The van der Waals surface area contributed by atoms with Crippen LogP contribution in [0.1, 0.15) is 52.4 Å². The highest BCUT2D eigenvalue weighted by molar-refractivity contribution is 5.84. The Morgan fingerprint density at radius 3 is 2.57 bits per heavy atom. The third-order valence-corrected chi connectivity index (χ3v) is 5.90. The van der Waals surface area contributed by atoms with Gasteiger partial charge in [0, 0.05) is 12.6 Å². The minimum absolute atomic E-state index is 0.0578. The minimum Gasteiger partial charge on any atom is -0.322 e. The lowest BCUT2D eigenvalue weighted by Crippen LogP contribution is -2.55. The number of piperidine rings is 1. The quantitative estimate of drug-likeness (QED) is 0.865. The predicted molar refractivity (Wildman–Crippen MR) is 84.9 cm³/mol. The zero-order valence-corrected chi connectivity index (χ0v) is 13.8. The highest BCUT2D eigenvalue weighted by atomic mass is 16.2. The summed E-state index contributed by atoms with van der Waals surface area (Å²) >= 11 is 0. The Hall–Kier alpha value is -0.610. The van der Waals surface area contributed by atoms with Gasteiger partial charge >= 0.3 is 0 Å². The molecule has 4 unspecified atom stereocenters. The summed E-state index contributed by atoms with van der Waals surface area (Å²) in [6, 6.07) is 0.491. The summed E-state index contributed by atoms with van der Waals surface area (Å²) in [7, 11) is 2.19. The first-order valence-corrected chi connectivity index (χ1v) is 8.88. The Labute approximate surface area is 129 Å². The number of carbonyl (C=O) groups is 1. The van der Waals surface area contributed by atoms with Gasteiger partial charge in [-0.15, -0.1) is 0 Å². The summed E-state index contributed by atoms with van der Waals surface area (Å²) in [4.78, 5) is 17.6. The molecule has 2 aliphatic heterocycles. The van der Waals surface area contributed by atoms with Crippen molar-refractivity contribution in [1.82, 2.24) is 15.1 Å². The van der Waals surface area contributed by atoms with Gasteiger partial charge in [-0.2, -0.15) is 0 Å². The Bertz CT molecular complexity index is 380. The van der Waals surface area contributed by atoms with E-state index in [1.165, 1.54) is 25.7 Å². The number of amides is 1. The van der Waals surface area contributed by atoms with Gasteiger partial charge in [0.05, 0.1) is 12.2 Å². The molecule has 3 fully saturated rings. The largest absolute Gasteiger partial charge is 0.322 e. The molecule has 3 aliphatic rings. The van der Waals surface area contributed by atoms with Crippen molar-refractivity contribution < 1.29 is 4.79 Å². The van der Waals surface area contributed by atoms with Gasteiger partial charge in [-0.05, 0) is 51.1 Å². The molecule has 0 spiro atoms. The number of nitrogens with zero attached hydrogens (tertiary/aromatic N) is 2. The maximum absolute atomic E-state index is 12.9. The van der Waals surface area contributed by atoms with E-state index in [9.17, 15) is 4.79 Å². The van der Waals surface area contributed by atoms with E-state index in [0.29, 0.717) is 30.0 Å². The molecular formula is C17H31N3O. The standard InChI is InChI=1S/C17H31N3O/c1-4-14-17(21)20(15-9-10-19(3)11-12(15)2)16(18-14)13-7-5-6-8-13/h12-16,18H,4-11H2,1-3H3. The molecule has 0 aromatic heterocycles. The highest BCUT2D eigenvalue weighted by Crippen LogP contribution is 2.36. The fourth-order valence-electron chi connectivity index (χ4n) is 4.73. The molecule has 1 aliphatic carbocycles. The van der Waals surface area contributed by atoms with Crippen molar-refractivity contribution >= 4 is 5.91 Å². The second kappa shape index (κ2) is 6.25. The van der Waals surface area contributed by atoms with E-state index in [4.69, 9.17) is 0 Å². The molecule has 1 saturated carbocycles. The maximum atomic E-state index is 12.9. The van der Waals surface area contributed by atoms with Gasteiger partial charge in [-0.3, -0.25) is 10.1 Å². The van der Waals surface area contributed by atoms with Gasteiger partial charge in [-0.1, -0.05) is 26.7 Å². The van der Waals surface area contributed by atoms with E-state index in [2.05, 4.69) is 36.0 Å². The van der Waals surface area contributed by atoms with Crippen molar-refractivity contribution in [2.24, 2.45) is 11.8 Å². The molecule has 4 atom stereocenters. The number of rotatable bonds is 3. The summed E-state index contributed by atoms with van der Waals surface area (Å²) in [5.74, 6) is 1.63. The average molecular weight is 293 g/mol. The molecule has 2 heterocycles. The van der Waals surface area contributed by atoms with Gasteiger partial charge < -0.3 is 9.80 Å². The molecule has 1 N–H and O–H groups in total. The zero-order chi connectivity index (χ0) is 15.0. The average Bonchev–Trinajstić information content (AvgIpc) is 3.07. The predicted octanol–water partition coefficient (Wildman–Crippen LogP) is 2.05. The Kier molecular flexibility index (Phi) is 4.55. The summed E-state index contributed by atoms with van der Waals surface area (Å²) in [6.07, 6.45) is 7.61. The number of hydrogen-bond donors (Lipinski definition) is 1. The van der Waals surface area contributed by atoms with Crippen molar-refractivity contribution in [3.63, 3.8) is 0 Å². The molecule has 0 bridgehead atoms. The van der Waals surface area contributed by atoms with E-state index in [0.717, 1.165) is 25.9 Å². The molecule has 0 aromatic carbocycles. The lowest BCUT2D eigenvalue weighted by Gasteiger charge is -2.43. The molecule has 4 heteroatoms. The Morgan fingerprint density at radius 1 is 1.24 bits per heavy atom. The van der Waals surface area contributed by atoms with Gasteiger partial charge in [0.25, 0.3) is 0 Å². The van der Waals surface area contributed by atoms with Gasteiger partial charge in [0.1, 0.15) is 0 Å². The second-order valence-electron chi connectivity index (χ2n) is 7.46. The van der Waals surface area contributed by atoms with Crippen LogP contribution in [0.15, 0.2) is 0 Å². The summed E-state index contributed by atoms with van der Waals surface area (Å²) in [6.45, 7) is 6.68. The van der Waals surface area contributed by atoms with E-state index >= 15 is 0 Å². The number of hydrogen-bond acceptors (Lipinski definition) is 3. The molecule has 3 rings (SSSR count). The van der Waals surface area contributed by atoms with Crippen LogP contribution in [0, 0.1) is 11.8 Å². The summed E-state index contributed by atoms with van der Waals surface area (Å²) < 4.78 is 0. The van der Waals surface area contributed by atoms with Crippen LogP contribution in [0.25, 0.3) is 0 Å². The molecule has 21 heavy (non-hydrogen) atoms. The van der Waals surface area contributed by atoms with Crippen LogP contribution in [-0.4, -0.2) is 54.1 Å². The minimum atomic E-state index is 0.0578. The number of likely N-dealkylation sites (tertiary alicyclic amines) is 1.